The Morgan fingerprint density at radius 2 is 1.54 bits per heavy atom. The third-order valence-electron chi connectivity index (χ3n) is 4.87. The molecule has 4 heteroatoms. The summed E-state index contributed by atoms with van der Waals surface area (Å²) in [5, 5.41) is 5.91. The van der Waals surface area contributed by atoms with E-state index in [4.69, 9.17) is 0 Å². The van der Waals surface area contributed by atoms with Crippen LogP contribution in [-0.2, 0) is 16.0 Å². The number of benzene rings is 2. The van der Waals surface area contributed by atoms with Crippen molar-refractivity contribution < 1.29 is 9.59 Å². The van der Waals surface area contributed by atoms with E-state index in [1.54, 1.807) is 0 Å². The van der Waals surface area contributed by atoms with Crippen molar-refractivity contribution in [1.82, 2.24) is 0 Å². The summed E-state index contributed by atoms with van der Waals surface area (Å²) in [4.78, 5) is 24.5. The fourth-order valence-corrected chi connectivity index (χ4v) is 3.41. The molecule has 136 valence electrons. The minimum Gasteiger partial charge on any atom is -0.326 e. The zero-order chi connectivity index (χ0) is 18.2. The van der Waals surface area contributed by atoms with Crippen molar-refractivity contribution in [2.75, 3.05) is 10.6 Å². The molecule has 1 aliphatic rings. The quantitative estimate of drug-likeness (QED) is 0.788. The van der Waals surface area contributed by atoms with E-state index in [0.29, 0.717) is 18.5 Å². The minimum absolute atomic E-state index is 0.0235. The van der Waals surface area contributed by atoms with Gasteiger partial charge in [-0.1, -0.05) is 55.7 Å². The predicted molar refractivity (Wildman–Crippen MR) is 105 cm³/mol. The molecule has 0 unspecified atom stereocenters. The highest BCUT2D eigenvalue weighted by molar-refractivity contribution is 5.95. The van der Waals surface area contributed by atoms with E-state index in [0.717, 1.165) is 36.9 Å². The van der Waals surface area contributed by atoms with Gasteiger partial charge in [0.15, 0.2) is 0 Å². The summed E-state index contributed by atoms with van der Waals surface area (Å²) >= 11 is 0. The van der Waals surface area contributed by atoms with Crippen LogP contribution in [0.4, 0.5) is 11.4 Å². The molecule has 1 fully saturated rings. The van der Waals surface area contributed by atoms with Gasteiger partial charge in [0.05, 0.1) is 0 Å². The van der Waals surface area contributed by atoms with E-state index >= 15 is 0 Å². The van der Waals surface area contributed by atoms with Gasteiger partial charge in [-0.3, -0.25) is 9.59 Å². The normalized spacial score (nSPS) is 14.6. The second-order valence-electron chi connectivity index (χ2n) is 6.94. The van der Waals surface area contributed by atoms with Crippen molar-refractivity contribution in [2.45, 2.75) is 44.9 Å². The lowest BCUT2D eigenvalue weighted by Crippen LogP contribution is -2.24. The number of amides is 2. The van der Waals surface area contributed by atoms with Crippen molar-refractivity contribution in [3.63, 3.8) is 0 Å². The number of hydrogen-bond donors (Lipinski definition) is 2. The molecule has 0 heterocycles. The Kier molecular flexibility index (Phi) is 6.42. The smallest absolute Gasteiger partial charge is 0.227 e. The molecule has 0 spiro atoms. The monoisotopic (exact) mass is 350 g/mol. The molecule has 4 nitrogen and oxygen atoms in total. The molecule has 0 bridgehead atoms. The lowest BCUT2D eigenvalue weighted by molar-refractivity contribution is -0.120. The maximum Gasteiger partial charge on any atom is 0.227 e. The predicted octanol–water partition coefficient (Wildman–Crippen LogP) is 4.78. The summed E-state index contributed by atoms with van der Waals surface area (Å²) in [6.45, 7) is 0. The van der Waals surface area contributed by atoms with Crippen molar-refractivity contribution in [2.24, 2.45) is 5.92 Å². The Balaban J connectivity index is 1.51. The van der Waals surface area contributed by atoms with Crippen LogP contribution in [0.25, 0.3) is 0 Å². The summed E-state index contributed by atoms with van der Waals surface area (Å²) in [5.41, 5.74) is 2.60. The molecule has 3 rings (SSSR count). The second-order valence-corrected chi connectivity index (χ2v) is 6.94. The van der Waals surface area contributed by atoms with Crippen LogP contribution >= 0.6 is 0 Å². The average molecular weight is 350 g/mol. The molecule has 2 aromatic carbocycles. The maximum atomic E-state index is 12.4. The first-order valence-corrected chi connectivity index (χ1v) is 9.45. The minimum atomic E-state index is -0.0235. The van der Waals surface area contributed by atoms with Gasteiger partial charge >= 0.3 is 0 Å². The number of aryl methyl sites for hydroxylation is 1. The zero-order valence-corrected chi connectivity index (χ0v) is 15.0. The first-order chi connectivity index (χ1) is 12.7. The Labute approximate surface area is 155 Å². The molecule has 1 aliphatic carbocycles. The number of rotatable bonds is 6. The highest BCUT2D eigenvalue weighted by Crippen LogP contribution is 2.25. The third-order valence-corrected chi connectivity index (χ3v) is 4.87. The van der Waals surface area contributed by atoms with Crippen LogP contribution < -0.4 is 10.6 Å². The molecule has 2 N–H and O–H groups in total. The standard InChI is InChI=1S/C22H26N2O2/c25-21(15-14-17-8-3-1-4-9-17)23-19-12-7-13-20(16-19)24-22(26)18-10-5-2-6-11-18/h1,3-4,7-9,12-13,16,18H,2,5-6,10-11,14-15H2,(H,23,25)(H,24,26). The SMILES string of the molecule is O=C(CCc1ccccc1)Nc1cccc(NC(=O)C2CCCCC2)c1. The molecule has 0 atom stereocenters. The summed E-state index contributed by atoms with van der Waals surface area (Å²) < 4.78 is 0. The second kappa shape index (κ2) is 9.18. The van der Waals surface area contributed by atoms with Gasteiger partial charge < -0.3 is 10.6 Å². The van der Waals surface area contributed by atoms with Crippen LogP contribution in [0.2, 0.25) is 0 Å². The van der Waals surface area contributed by atoms with Gasteiger partial charge in [-0.05, 0) is 43.0 Å². The van der Waals surface area contributed by atoms with Crippen LogP contribution in [0.5, 0.6) is 0 Å². The van der Waals surface area contributed by atoms with Crippen LogP contribution in [-0.4, -0.2) is 11.8 Å². The van der Waals surface area contributed by atoms with Crippen molar-refractivity contribution in [1.29, 1.82) is 0 Å². The lowest BCUT2D eigenvalue weighted by atomic mass is 9.88. The van der Waals surface area contributed by atoms with E-state index in [1.807, 2.05) is 54.6 Å². The van der Waals surface area contributed by atoms with Crippen molar-refractivity contribution in [3.8, 4) is 0 Å². The van der Waals surface area contributed by atoms with Crippen LogP contribution in [0, 0.1) is 5.92 Å². The van der Waals surface area contributed by atoms with Gasteiger partial charge in [-0.2, -0.15) is 0 Å². The molecule has 2 amide bonds. The molecule has 2 aromatic rings. The summed E-state index contributed by atoms with van der Waals surface area (Å²) in [7, 11) is 0. The number of carbonyl (C=O) groups excluding carboxylic acids is 2. The third kappa shape index (κ3) is 5.45. The van der Waals surface area contributed by atoms with E-state index in [-0.39, 0.29) is 17.7 Å². The van der Waals surface area contributed by atoms with Crippen LogP contribution in [0.1, 0.15) is 44.1 Å². The largest absolute Gasteiger partial charge is 0.326 e. The van der Waals surface area contributed by atoms with E-state index in [2.05, 4.69) is 10.6 Å². The number of anilines is 2. The van der Waals surface area contributed by atoms with Crippen LogP contribution in [0.3, 0.4) is 0 Å². The zero-order valence-electron chi connectivity index (χ0n) is 15.0. The maximum absolute atomic E-state index is 12.4. The topological polar surface area (TPSA) is 58.2 Å². The van der Waals surface area contributed by atoms with E-state index < -0.39 is 0 Å². The van der Waals surface area contributed by atoms with Gasteiger partial charge in [-0.15, -0.1) is 0 Å². The van der Waals surface area contributed by atoms with Gasteiger partial charge in [0.2, 0.25) is 11.8 Å². The van der Waals surface area contributed by atoms with Gasteiger partial charge in [0.1, 0.15) is 0 Å². The van der Waals surface area contributed by atoms with E-state index in [9.17, 15) is 9.59 Å². The first kappa shape index (κ1) is 18.2. The number of carbonyl (C=O) groups is 2. The van der Waals surface area contributed by atoms with Gasteiger partial charge in [-0.25, -0.2) is 0 Å². The van der Waals surface area contributed by atoms with Gasteiger partial charge in [0, 0.05) is 23.7 Å². The Morgan fingerprint density at radius 3 is 2.27 bits per heavy atom. The summed E-state index contributed by atoms with van der Waals surface area (Å²) in [6, 6.07) is 17.3. The highest BCUT2D eigenvalue weighted by Gasteiger charge is 2.21. The molecule has 26 heavy (non-hydrogen) atoms. The number of hydrogen-bond acceptors (Lipinski definition) is 2. The Hall–Kier alpha value is -2.62. The first-order valence-electron chi connectivity index (χ1n) is 9.45. The lowest BCUT2D eigenvalue weighted by Gasteiger charge is -2.20. The van der Waals surface area contributed by atoms with E-state index in [1.165, 1.54) is 6.42 Å². The average Bonchev–Trinajstić information content (AvgIpc) is 2.68. The van der Waals surface area contributed by atoms with Crippen molar-refractivity contribution >= 4 is 23.2 Å². The summed E-state index contributed by atoms with van der Waals surface area (Å²) in [5.74, 6) is 0.190. The molecular weight excluding hydrogens is 324 g/mol. The molecule has 0 aromatic heterocycles. The Bertz CT molecular complexity index is 737. The molecule has 0 saturated heterocycles. The fourth-order valence-electron chi connectivity index (χ4n) is 3.41. The molecule has 0 aliphatic heterocycles. The highest BCUT2D eigenvalue weighted by atomic mass is 16.2. The molecule has 1 saturated carbocycles. The summed E-state index contributed by atoms with van der Waals surface area (Å²) in [6.07, 6.45) is 6.59. The molecular formula is C22H26N2O2. The number of nitrogens with one attached hydrogen (secondary N) is 2. The van der Waals surface area contributed by atoms with Gasteiger partial charge in [0.25, 0.3) is 0 Å². The molecule has 0 radical (unpaired) electrons. The van der Waals surface area contributed by atoms with Crippen molar-refractivity contribution in [3.05, 3.63) is 60.2 Å². The Morgan fingerprint density at radius 1 is 0.846 bits per heavy atom. The van der Waals surface area contributed by atoms with Crippen LogP contribution in [0.15, 0.2) is 54.6 Å². The fraction of sp³-hybridized carbons (Fsp3) is 0.364.